The zero-order valence-electron chi connectivity index (χ0n) is 11.4. The normalized spacial score (nSPS) is 11.6. The molecule has 0 amide bonds. The second-order valence-corrected chi connectivity index (χ2v) is 5.09. The van der Waals surface area contributed by atoms with Gasteiger partial charge in [-0.3, -0.25) is 0 Å². The molecule has 0 aliphatic carbocycles. The molecule has 0 rings (SSSR count). The summed E-state index contributed by atoms with van der Waals surface area (Å²) < 4.78 is 1.36. The topological polar surface area (TPSA) is 30.0 Å². The average Bonchev–Trinajstić information content (AvgIpc) is 2.03. The van der Waals surface area contributed by atoms with Crippen molar-refractivity contribution in [2.45, 2.75) is 53.9 Å². The zero-order valence-corrected chi connectivity index (χ0v) is 11.4. The monoisotopic (exact) mass is 217 g/mol. The fraction of sp³-hybridized carbons (Fsp3) is 1.00. The van der Waals surface area contributed by atoms with Crippen molar-refractivity contribution in [2.24, 2.45) is 5.92 Å². The van der Waals surface area contributed by atoms with E-state index in [1.807, 2.05) is 0 Å². The zero-order chi connectivity index (χ0) is 11.0. The van der Waals surface area contributed by atoms with Gasteiger partial charge in [0.25, 0.3) is 0 Å². The quantitative estimate of drug-likeness (QED) is 0.572. The second kappa shape index (κ2) is 9.17. The Labute approximate surface area is 96.6 Å². The first-order chi connectivity index (χ1) is 6.60. The predicted molar refractivity (Wildman–Crippen MR) is 67.4 cm³/mol. The minimum atomic E-state index is 0. The molecule has 0 aromatic rings. The van der Waals surface area contributed by atoms with E-state index in [4.69, 9.17) is 0 Å². The Morgan fingerprint density at radius 1 is 0.800 bits per heavy atom. The Morgan fingerprint density at radius 3 is 1.33 bits per heavy atom. The van der Waals surface area contributed by atoms with Gasteiger partial charge in [-0.1, -0.05) is 34.6 Å². The molecule has 15 heavy (non-hydrogen) atoms. The van der Waals surface area contributed by atoms with E-state index in [0.29, 0.717) is 0 Å². The second-order valence-electron chi connectivity index (χ2n) is 5.09. The van der Waals surface area contributed by atoms with E-state index >= 15 is 0 Å². The van der Waals surface area contributed by atoms with Crippen molar-refractivity contribution < 1.29 is 9.96 Å². The van der Waals surface area contributed by atoms with Gasteiger partial charge in [0.2, 0.25) is 0 Å². The molecule has 0 aromatic heterocycles. The third-order valence-electron chi connectivity index (χ3n) is 2.85. The van der Waals surface area contributed by atoms with Gasteiger partial charge in [-0.25, -0.2) is 0 Å². The van der Waals surface area contributed by atoms with Crippen LogP contribution in [-0.2, 0) is 0 Å². The largest absolute Gasteiger partial charge is 0.870 e. The first kappa shape index (κ1) is 17.3. The van der Waals surface area contributed by atoms with Gasteiger partial charge in [0.1, 0.15) is 0 Å². The van der Waals surface area contributed by atoms with Crippen LogP contribution in [0.4, 0.5) is 0 Å². The summed E-state index contributed by atoms with van der Waals surface area (Å²) in [4.78, 5) is 0. The number of rotatable bonds is 8. The van der Waals surface area contributed by atoms with E-state index in [0.717, 1.165) is 5.92 Å². The Morgan fingerprint density at radius 2 is 1.13 bits per heavy atom. The summed E-state index contributed by atoms with van der Waals surface area (Å²) in [7, 11) is 0. The van der Waals surface area contributed by atoms with Crippen LogP contribution in [0.5, 0.6) is 0 Å². The molecule has 0 saturated heterocycles. The molecule has 0 radical (unpaired) electrons. The summed E-state index contributed by atoms with van der Waals surface area (Å²) in [5.74, 6) is 0.833. The summed E-state index contributed by atoms with van der Waals surface area (Å²) >= 11 is 0. The average molecular weight is 217 g/mol. The van der Waals surface area contributed by atoms with Gasteiger partial charge < -0.3 is 9.96 Å². The van der Waals surface area contributed by atoms with Crippen LogP contribution in [0.3, 0.4) is 0 Å². The Hall–Kier alpha value is -0.0800. The molecule has 0 aliphatic heterocycles. The number of hydrogen-bond donors (Lipinski definition) is 0. The van der Waals surface area contributed by atoms with Gasteiger partial charge in [-0.05, 0) is 19.3 Å². The van der Waals surface area contributed by atoms with E-state index in [1.54, 1.807) is 0 Å². The number of nitrogens with zero attached hydrogens (tertiary/aromatic N) is 1. The van der Waals surface area contributed by atoms with Crippen molar-refractivity contribution in [1.29, 1.82) is 0 Å². The summed E-state index contributed by atoms with van der Waals surface area (Å²) in [5.41, 5.74) is 0. The van der Waals surface area contributed by atoms with Crippen LogP contribution in [0.1, 0.15) is 53.9 Å². The van der Waals surface area contributed by atoms with Gasteiger partial charge >= 0.3 is 0 Å². The molecule has 0 fully saturated rings. The van der Waals surface area contributed by atoms with Crippen LogP contribution in [0, 0.1) is 5.92 Å². The molecule has 0 bridgehead atoms. The highest BCUT2D eigenvalue weighted by Crippen LogP contribution is 2.15. The smallest absolute Gasteiger partial charge is 0.0809 e. The van der Waals surface area contributed by atoms with Gasteiger partial charge in [0.05, 0.1) is 26.2 Å². The van der Waals surface area contributed by atoms with Crippen LogP contribution < -0.4 is 0 Å². The third-order valence-corrected chi connectivity index (χ3v) is 2.85. The number of quaternary nitrogens is 1. The molecule has 0 atom stereocenters. The fourth-order valence-corrected chi connectivity index (χ4v) is 2.81. The van der Waals surface area contributed by atoms with Crippen molar-refractivity contribution >= 4 is 0 Å². The van der Waals surface area contributed by atoms with E-state index < -0.39 is 0 Å². The van der Waals surface area contributed by atoms with Gasteiger partial charge in [0.15, 0.2) is 0 Å². The lowest BCUT2D eigenvalue weighted by Gasteiger charge is -2.40. The minimum absolute atomic E-state index is 0. The van der Waals surface area contributed by atoms with Gasteiger partial charge in [0, 0.05) is 5.92 Å². The highest BCUT2D eigenvalue weighted by atomic mass is 16.0. The lowest BCUT2D eigenvalue weighted by Crippen LogP contribution is -2.51. The van der Waals surface area contributed by atoms with E-state index in [1.165, 1.54) is 49.9 Å². The lowest BCUT2D eigenvalue weighted by molar-refractivity contribution is -0.931. The standard InChI is InChI=1S/C13H30N.H2O/c1-6-9-14(10-7-2,11-8-3)12-13(4)5;/h13H,6-12H2,1-5H3;1H2/q+1;/p-1. The molecular formula is C13H31NO. The maximum Gasteiger partial charge on any atom is 0.0809 e. The Bertz CT molecular complexity index is 117. The van der Waals surface area contributed by atoms with Crippen molar-refractivity contribution in [3.8, 4) is 0 Å². The molecule has 1 N–H and O–H groups in total. The van der Waals surface area contributed by atoms with E-state index in [2.05, 4.69) is 34.6 Å². The molecule has 0 aliphatic rings. The summed E-state index contributed by atoms with van der Waals surface area (Å²) in [6, 6.07) is 0. The van der Waals surface area contributed by atoms with Crippen LogP contribution >= 0.6 is 0 Å². The fourth-order valence-electron chi connectivity index (χ4n) is 2.81. The van der Waals surface area contributed by atoms with E-state index in [9.17, 15) is 0 Å². The summed E-state index contributed by atoms with van der Waals surface area (Å²) in [6.07, 6.45) is 3.98. The molecule has 2 heteroatoms. The maximum atomic E-state index is 2.36. The molecule has 0 spiro atoms. The molecule has 0 unspecified atom stereocenters. The SMILES string of the molecule is CCC[N+](CCC)(CCC)CC(C)C.[OH-]. The van der Waals surface area contributed by atoms with Crippen LogP contribution in [0.25, 0.3) is 0 Å². The highest BCUT2D eigenvalue weighted by molar-refractivity contribution is 4.48. The first-order valence-electron chi connectivity index (χ1n) is 6.45. The van der Waals surface area contributed by atoms with Crippen LogP contribution in [-0.4, -0.2) is 36.1 Å². The Balaban J connectivity index is 0. The summed E-state index contributed by atoms with van der Waals surface area (Å²) in [6.45, 7) is 17.2. The highest BCUT2D eigenvalue weighted by Gasteiger charge is 2.25. The third kappa shape index (κ3) is 6.91. The van der Waals surface area contributed by atoms with Crippen molar-refractivity contribution in [3.05, 3.63) is 0 Å². The number of hydrogen-bond acceptors (Lipinski definition) is 1. The van der Waals surface area contributed by atoms with Gasteiger partial charge in [-0.2, -0.15) is 0 Å². The molecule has 0 heterocycles. The molecule has 94 valence electrons. The molecule has 0 aromatic carbocycles. The van der Waals surface area contributed by atoms with Crippen LogP contribution in [0.15, 0.2) is 0 Å². The lowest BCUT2D eigenvalue weighted by atomic mass is 10.1. The molecular weight excluding hydrogens is 186 g/mol. The van der Waals surface area contributed by atoms with Crippen molar-refractivity contribution in [1.82, 2.24) is 0 Å². The maximum absolute atomic E-state index is 2.36. The Kier molecular flexibility index (Phi) is 10.6. The van der Waals surface area contributed by atoms with Crippen molar-refractivity contribution in [3.63, 3.8) is 0 Å². The van der Waals surface area contributed by atoms with Gasteiger partial charge in [-0.15, -0.1) is 0 Å². The molecule has 2 nitrogen and oxygen atoms in total. The molecule has 0 saturated carbocycles. The first-order valence-corrected chi connectivity index (χ1v) is 6.45. The van der Waals surface area contributed by atoms with Crippen LogP contribution in [0.2, 0.25) is 0 Å². The van der Waals surface area contributed by atoms with Crippen molar-refractivity contribution in [2.75, 3.05) is 26.2 Å². The minimum Gasteiger partial charge on any atom is -0.870 e. The van der Waals surface area contributed by atoms with E-state index in [-0.39, 0.29) is 5.48 Å². The summed E-state index contributed by atoms with van der Waals surface area (Å²) in [5, 5.41) is 0. The predicted octanol–water partition coefficient (Wildman–Crippen LogP) is 3.51.